The van der Waals surface area contributed by atoms with Crippen LogP contribution in [0.2, 0.25) is 0 Å². The number of halogens is 1. The predicted octanol–water partition coefficient (Wildman–Crippen LogP) is 2.76. The van der Waals surface area contributed by atoms with Gasteiger partial charge in [-0.15, -0.1) is 0 Å². The van der Waals surface area contributed by atoms with Crippen molar-refractivity contribution in [2.24, 2.45) is 7.05 Å². The molecule has 88 valence electrons. The van der Waals surface area contributed by atoms with E-state index < -0.39 is 5.97 Å². The SMILES string of the molecule is Cc1c(Br)c(/C=C\CCCC(=O)O)nn1C. The summed E-state index contributed by atoms with van der Waals surface area (Å²) in [6.07, 6.45) is 5.50. The van der Waals surface area contributed by atoms with Crippen molar-refractivity contribution >= 4 is 28.0 Å². The highest BCUT2D eigenvalue weighted by atomic mass is 79.9. The maximum absolute atomic E-state index is 10.3. The summed E-state index contributed by atoms with van der Waals surface area (Å²) >= 11 is 3.46. The first-order valence-corrected chi connectivity index (χ1v) is 5.89. The van der Waals surface area contributed by atoms with Crippen LogP contribution in [0.4, 0.5) is 0 Å². The fourth-order valence-corrected chi connectivity index (χ4v) is 1.75. The summed E-state index contributed by atoms with van der Waals surface area (Å²) in [5, 5.41) is 12.8. The number of allylic oxidation sites excluding steroid dienone is 1. The summed E-state index contributed by atoms with van der Waals surface area (Å²) in [4.78, 5) is 10.3. The van der Waals surface area contributed by atoms with Crippen LogP contribution >= 0.6 is 15.9 Å². The Morgan fingerprint density at radius 2 is 2.31 bits per heavy atom. The number of carboxylic acids is 1. The van der Waals surface area contributed by atoms with Gasteiger partial charge >= 0.3 is 5.97 Å². The Balaban J connectivity index is 2.50. The molecule has 1 aromatic heterocycles. The van der Waals surface area contributed by atoms with Gasteiger partial charge in [0.15, 0.2) is 0 Å². The summed E-state index contributed by atoms with van der Waals surface area (Å²) in [6.45, 7) is 1.98. The zero-order chi connectivity index (χ0) is 12.1. The second-order valence-corrected chi connectivity index (χ2v) is 4.39. The van der Waals surface area contributed by atoms with E-state index in [0.717, 1.165) is 22.3 Å². The maximum Gasteiger partial charge on any atom is 0.303 e. The summed E-state index contributed by atoms with van der Waals surface area (Å²) in [6, 6.07) is 0. The Hall–Kier alpha value is -1.10. The number of aromatic nitrogens is 2. The largest absolute Gasteiger partial charge is 0.481 e. The Morgan fingerprint density at radius 3 is 2.81 bits per heavy atom. The quantitative estimate of drug-likeness (QED) is 0.847. The van der Waals surface area contributed by atoms with Gasteiger partial charge in [0.2, 0.25) is 0 Å². The first-order chi connectivity index (χ1) is 7.52. The van der Waals surface area contributed by atoms with Crippen LogP contribution in [0, 0.1) is 6.92 Å². The van der Waals surface area contributed by atoms with Crippen LogP contribution in [0.25, 0.3) is 6.08 Å². The number of hydrogen-bond acceptors (Lipinski definition) is 2. The van der Waals surface area contributed by atoms with E-state index in [1.807, 2.05) is 26.1 Å². The Bertz CT molecular complexity index is 410. The molecule has 0 aliphatic rings. The molecule has 0 aromatic carbocycles. The van der Waals surface area contributed by atoms with Gasteiger partial charge in [-0.2, -0.15) is 5.10 Å². The third-order valence-corrected chi connectivity index (χ3v) is 3.30. The van der Waals surface area contributed by atoms with E-state index in [-0.39, 0.29) is 6.42 Å². The van der Waals surface area contributed by atoms with Gasteiger partial charge in [0.25, 0.3) is 0 Å². The first-order valence-electron chi connectivity index (χ1n) is 5.09. The second kappa shape index (κ2) is 5.84. The average molecular weight is 287 g/mol. The van der Waals surface area contributed by atoms with Crippen LogP contribution in [0.3, 0.4) is 0 Å². The number of hydrogen-bond donors (Lipinski definition) is 1. The third kappa shape index (κ3) is 3.48. The lowest BCUT2D eigenvalue weighted by Crippen LogP contribution is -1.92. The van der Waals surface area contributed by atoms with Crippen molar-refractivity contribution in [3.63, 3.8) is 0 Å². The number of aryl methyl sites for hydroxylation is 1. The van der Waals surface area contributed by atoms with Gasteiger partial charge in [-0.3, -0.25) is 9.48 Å². The molecule has 0 bridgehead atoms. The molecule has 1 N–H and O–H groups in total. The zero-order valence-corrected chi connectivity index (χ0v) is 11.0. The molecule has 0 spiro atoms. The Morgan fingerprint density at radius 1 is 1.62 bits per heavy atom. The van der Waals surface area contributed by atoms with Gasteiger partial charge in [0, 0.05) is 19.2 Å². The molecule has 5 heteroatoms. The van der Waals surface area contributed by atoms with Crippen LogP contribution in [0.5, 0.6) is 0 Å². The minimum Gasteiger partial charge on any atom is -0.481 e. The van der Waals surface area contributed by atoms with Gasteiger partial charge in [0.1, 0.15) is 0 Å². The van der Waals surface area contributed by atoms with Crippen LogP contribution in [-0.4, -0.2) is 20.9 Å². The summed E-state index contributed by atoms with van der Waals surface area (Å²) < 4.78 is 2.80. The monoisotopic (exact) mass is 286 g/mol. The zero-order valence-electron chi connectivity index (χ0n) is 9.40. The van der Waals surface area contributed by atoms with Crippen molar-refractivity contribution in [2.45, 2.75) is 26.2 Å². The molecule has 1 heterocycles. The lowest BCUT2D eigenvalue weighted by molar-refractivity contribution is -0.137. The fourth-order valence-electron chi connectivity index (χ4n) is 1.28. The first kappa shape index (κ1) is 13.0. The molecule has 0 amide bonds. The average Bonchev–Trinajstić information content (AvgIpc) is 2.45. The van der Waals surface area contributed by atoms with Crippen LogP contribution in [-0.2, 0) is 11.8 Å². The smallest absolute Gasteiger partial charge is 0.303 e. The van der Waals surface area contributed by atoms with Crippen molar-refractivity contribution in [3.05, 3.63) is 21.9 Å². The normalized spacial score (nSPS) is 11.2. The van der Waals surface area contributed by atoms with Gasteiger partial charge < -0.3 is 5.11 Å². The van der Waals surface area contributed by atoms with Crippen molar-refractivity contribution in [1.82, 2.24) is 9.78 Å². The molecule has 1 aromatic rings. The van der Waals surface area contributed by atoms with E-state index in [9.17, 15) is 4.79 Å². The number of carboxylic acid groups (broad SMARTS) is 1. The molecule has 0 fully saturated rings. The van der Waals surface area contributed by atoms with E-state index >= 15 is 0 Å². The molecule has 0 unspecified atom stereocenters. The highest BCUT2D eigenvalue weighted by Crippen LogP contribution is 2.21. The minimum atomic E-state index is -0.747. The van der Waals surface area contributed by atoms with Crippen molar-refractivity contribution < 1.29 is 9.90 Å². The number of unbranched alkanes of at least 4 members (excludes halogenated alkanes) is 1. The van der Waals surface area contributed by atoms with Gasteiger partial charge in [-0.1, -0.05) is 6.08 Å². The van der Waals surface area contributed by atoms with Crippen LogP contribution < -0.4 is 0 Å². The number of carbonyl (C=O) groups is 1. The summed E-state index contributed by atoms with van der Waals surface area (Å²) in [5.41, 5.74) is 1.96. The Kier molecular flexibility index (Phi) is 4.73. The van der Waals surface area contributed by atoms with E-state index in [1.54, 1.807) is 4.68 Å². The topological polar surface area (TPSA) is 55.1 Å². The third-order valence-electron chi connectivity index (χ3n) is 2.32. The van der Waals surface area contributed by atoms with Gasteiger partial charge in [-0.05, 0) is 41.8 Å². The Labute approximate surface area is 103 Å². The summed E-state index contributed by atoms with van der Waals surface area (Å²) in [7, 11) is 1.89. The molecule has 0 aliphatic carbocycles. The molecule has 0 radical (unpaired) electrons. The maximum atomic E-state index is 10.3. The molecule has 0 aliphatic heterocycles. The lowest BCUT2D eigenvalue weighted by atomic mass is 10.2. The number of aliphatic carboxylic acids is 1. The van der Waals surface area contributed by atoms with Crippen molar-refractivity contribution in [3.8, 4) is 0 Å². The van der Waals surface area contributed by atoms with Crippen LogP contribution in [0.15, 0.2) is 10.5 Å². The second-order valence-electron chi connectivity index (χ2n) is 3.60. The van der Waals surface area contributed by atoms with Gasteiger partial charge in [0.05, 0.1) is 10.2 Å². The van der Waals surface area contributed by atoms with Crippen molar-refractivity contribution in [2.75, 3.05) is 0 Å². The summed E-state index contributed by atoms with van der Waals surface area (Å²) in [5.74, 6) is -0.747. The molecule has 0 atom stereocenters. The van der Waals surface area contributed by atoms with Crippen molar-refractivity contribution in [1.29, 1.82) is 0 Å². The molecule has 0 saturated carbocycles. The van der Waals surface area contributed by atoms with E-state index in [2.05, 4.69) is 21.0 Å². The fraction of sp³-hybridized carbons (Fsp3) is 0.455. The van der Waals surface area contributed by atoms with E-state index in [4.69, 9.17) is 5.11 Å². The minimum absolute atomic E-state index is 0.215. The number of rotatable bonds is 5. The lowest BCUT2D eigenvalue weighted by Gasteiger charge is -1.90. The molecule has 1 rings (SSSR count). The van der Waals surface area contributed by atoms with Crippen LogP contribution in [0.1, 0.15) is 30.7 Å². The van der Waals surface area contributed by atoms with E-state index in [0.29, 0.717) is 6.42 Å². The molecule has 4 nitrogen and oxygen atoms in total. The highest BCUT2D eigenvalue weighted by molar-refractivity contribution is 9.10. The molecule has 0 saturated heterocycles. The predicted molar refractivity (Wildman–Crippen MR) is 66.2 cm³/mol. The molecule has 16 heavy (non-hydrogen) atoms. The highest BCUT2D eigenvalue weighted by Gasteiger charge is 2.06. The standard InChI is InChI=1S/C11H15BrN2O2/c1-8-11(12)9(13-14(8)2)6-4-3-5-7-10(15)16/h4,6H,3,5,7H2,1-2H3,(H,15,16)/b6-4-. The van der Waals surface area contributed by atoms with Gasteiger partial charge in [-0.25, -0.2) is 0 Å². The number of nitrogens with zero attached hydrogens (tertiary/aromatic N) is 2. The molecular formula is C11H15BrN2O2. The molecular weight excluding hydrogens is 272 g/mol. The van der Waals surface area contributed by atoms with E-state index in [1.165, 1.54) is 0 Å².